The number of hydrogen-bond donors (Lipinski definition) is 3. The maximum Gasteiger partial charge on any atom is 0.250 e. The minimum Gasteiger partial charge on any atom is -0.394 e. The first-order valence-electron chi connectivity index (χ1n) is 5.93. The topological polar surface area (TPSA) is 106 Å². The number of nitrogens with two attached hydrogens (primary N) is 1. The minimum atomic E-state index is -0.562. The zero-order valence-corrected chi connectivity index (χ0v) is 11.3. The van der Waals surface area contributed by atoms with E-state index in [1.807, 2.05) is 0 Å². The summed E-state index contributed by atoms with van der Waals surface area (Å²) in [6.07, 6.45) is 1.74. The number of carbonyl (C=O) groups is 1. The Morgan fingerprint density at radius 1 is 1.50 bits per heavy atom. The van der Waals surface area contributed by atoms with E-state index in [9.17, 15) is 4.79 Å². The number of aliphatic hydroxyl groups is 1. The molecule has 0 saturated carbocycles. The molecule has 0 atom stereocenters. The molecule has 1 aromatic heterocycles. The lowest BCUT2D eigenvalue weighted by atomic mass is 10.2. The summed E-state index contributed by atoms with van der Waals surface area (Å²) in [6.45, 7) is 0.879. The van der Waals surface area contributed by atoms with E-state index in [-0.39, 0.29) is 12.2 Å². The van der Waals surface area contributed by atoms with Crippen LogP contribution < -0.4 is 11.1 Å². The Labute approximate surface area is 120 Å². The highest BCUT2D eigenvalue weighted by Crippen LogP contribution is 2.20. The lowest BCUT2D eigenvalue weighted by molar-refractivity contribution is 0.100. The average Bonchev–Trinajstić information content (AvgIpc) is 2.84. The molecule has 0 radical (unpaired) electrons. The van der Waals surface area contributed by atoms with E-state index in [4.69, 9.17) is 22.4 Å². The van der Waals surface area contributed by atoms with Crippen LogP contribution in [0.1, 0.15) is 16.1 Å². The Morgan fingerprint density at radius 2 is 2.30 bits per heavy atom. The van der Waals surface area contributed by atoms with E-state index in [1.54, 1.807) is 29.1 Å². The highest BCUT2D eigenvalue weighted by molar-refractivity contribution is 6.34. The largest absolute Gasteiger partial charge is 0.394 e. The van der Waals surface area contributed by atoms with Crippen molar-refractivity contribution in [1.82, 2.24) is 15.0 Å². The third-order valence-corrected chi connectivity index (χ3v) is 2.94. The first kappa shape index (κ1) is 14.3. The van der Waals surface area contributed by atoms with Gasteiger partial charge in [-0.15, -0.1) is 5.10 Å². The summed E-state index contributed by atoms with van der Waals surface area (Å²) in [5, 5.41) is 20.0. The molecule has 2 rings (SSSR count). The molecule has 1 aromatic carbocycles. The number of primary amides is 1. The molecule has 0 spiro atoms. The predicted octanol–water partition coefficient (Wildman–Crippen LogP) is 0.635. The zero-order chi connectivity index (χ0) is 14.5. The molecule has 0 fully saturated rings. The second-order valence-electron chi connectivity index (χ2n) is 4.11. The number of anilines is 1. The Bertz CT molecular complexity index is 614. The molecular formula is C12H14ClN5O2. The Kier molecular flexibility index (Phi) is 4.54. The van der Waals surface area contributed by atoms with Gasteiger partial charge in [-0.3, -0.25) is 4.79 Å². The molecule has 0 aliphatic carbocycles. The Hall–Kier alpha value is -2.12. The summed E-state index contributed by atoms with van der Waals surface area (Å²) in [4.78, 5) is 11.1. The van der Waals surface area contributed by atoms with Gasteiger partial charge in [-0.2, -0.15) is 0 Å². The molecule has 1 heterocycles. The number of amides is 1. The van der Waals surface area contributed by atoms with Crippen LogP contribution in [0, 0.1) is 0 Å². The number of halogens is 1. The van der Waals surface area contributed by atoms with Crippen LogP contribution in [0.15, 0.2) is 24.4 Å². The predicted molar refractivity (Wildman–Crippen MR) is 74.4 cm³/mol. The van der Waals surface area contributed by atoms with E-state index in [2.05, 4.69) is 15.6 Å². The van der Waals surface area contributed by atoms with E-state index in [0.29, 0.717) is 18.1 Å². The first-order chi connectivity index (χ1) is 9.60. The number of carbonyl (C=O) groups excluding carboxylic acids is 1. The molecule has 0 saturated heterocycles. The van der Waals surface area contributed by atoms with Crippen LogP contribution in [0.25, 0.3) is 0 Å². The molecule has 2 aromatic rings. The molecule has 0 unspecified atom stereocenters. The highest BCUT2D eigenvalue weighted by Gasteiger charge is 2.07. The average molecular weight is 296 g/mol. The quantitative estimate of drug-likeness (QED) is 0.725. The third kappa shape index (κ3) is 3.46. The van der Waals surface area contributed by atoms with Crippen LogP contribution in [-0.2, 0) is 13.1 Å². The molecule has 4 N–H and O–H groups in total. The molecule has 0 bridgehead atoms. The van der Waals surface area contributed by atoms with Crippen molar-refractivity contribution in [3.05, 3.63) is 40.7 Å². The molecule has 106 valence electrons. The SMILES string of the molecule is NC(=O)c1ccc(NCc2cn(CCO)nn2)cc1Cl. The number of benzene rings is 1. The van der Waals surface area contributed by atoms with Gasteiger partial charge in [-0.05, 0) is 18.2 Å². The number of rotatable bonds is 6. The minimum absolute atomic E-state index is 0.0143. The van der Waals surface area contributed by atoms with Crippen LogP contribution in [-0.4, -0.2) is 32.6 Å². The van der Waals surface area contributed by atoms with Gasteiger partial charge in [0, 0.05) is 5.69 Å². The van der Waals surface area contributed by atoms with Gasteiger partial charge in [0.15, 0.2) is 0 Å². The molecule has 8 heteroatoms. The monoisotopic (exact) mass is 295 g/mol. The van der Waals surface area contributed by atoms with E-state index in [0.717, 1.165) is 11.4 Å². The molecule has 0 aliphatic heterocycles. The zero-order valence-electron chi connectivity index (χ0n) is 10.6. The van der Waals surface area contributed by atoms with Crippen LogP contribution in [0.3, 0.4) is 0 Å². The van der Waals surface area contributed by atoms with Gasteiger partial charge in [0.25, 0.3) is 0 Å². The maximum atomic E-state index is 11.1. The van der Waals surface area contributed by atoms with Crippen LogP contribution in [0.2, 0.25) is 5.02 Å². The lowest BCUT2D eigenvalue weighted by Crippen LogP contribution is -2.11. The Balaban J connectivity index is 1.99. The lowest BCUT2D eigenvalue weighted by Gasteiger charge is -2.06. The fraction of sp³-hybridized carbons (Fsp3) is 0.250. The van der Waals surface area contributed by atoms with Crippen molar-refractivity contribution in [2.45, 2.75) is 13.1 Å². The fourth-order valence-corrected chi connectivity index (χ4v) is 1.92. The van der Waals surface area contributed by atoms with Crippen molar-refractivity contribution in [3.8, 4) is 0 Å². The summed E-state index contributed by atoms with van der Waals surface area (Å²) >= 11 is 5.95. The van der Waals surface area contributed by atoms with Gasteiger partial charge in [0.05, 0.1) is 36.5 Å². The van der Waals surface area contributed by atoms with Crippen molar-refractivity contribution in [1.29, 1.82) is 0 Å². The highest BCUT2D eigenvalue weighted by atomic mass is 35.5. The van der Waals surface area contributed by atoms with E-state index in [1.165, 1.54) is 0 Å². The molecular weight excluding hydrogens is 282 g/mol. The van der Waals surface area contributed by atoms with Crippen LogP contribution in [0.4, 0.5) is 5.69 Å². The number of hydrogen-bond acceptors (Lipinski definition) is 5. The van der Waals surface area contributed by atoms with Gasteiger partial charge < -0.3 is 16.2 Å². The third-order valence-electron chi connectivity index (χ3n) is 2.62. The smallest absolute Gasteiger partial charge is 0.250 e. The summed E-state index contributed by atoms with van der Waals surface area (Å²) in [5.74, 6) is -0.562. The molecule has 1 amide bonds. The summed E-state index contributed by atoms with van der Waals surface area (Å²) in [6, 6.07) is 4.90. The van der Waals surface area contributed by atoms with E-state index >= 15 is 0 Å². The maximum absolute atomic E-state index is 11.1. The summed E-state index contributed by atoms with van der Waals surface area (Å²) in [7, 11) is 0. The normalized spacial score (nSPS) is 10.5. The van der Waals surface area contributed by atoms with Crippen molar-refractivity contribution in [3.63, 3.8) is 0 Å². The standard InChI is InChI=1S/C12H14ClN5O2/c13-11-5-8(1-2-10(11)12(14)20)15-6-9-7-18(3-4-19)17-16-9/h1-2,5,7,15,19H,3-4,6H2,(H2,14,20). The molecule has 7 nitrogen and oxygen atoms in total. The van der Waals surface area contributed by atoms with Crippen LogP contribution >= 0.6 is 11.6 Å². The number of nitrogens with one attached hydrogen (secondary N) is 1. The van der Waals surface area contributed by atoms with Gasteiger partial charge in [-0.1, -0.05) is 16.8 Å². The molecule has 20 heavy (non-hydrogen) atoms. The van der Waals surface area contributed by atoms with Crippen molar-refractivity contribution >= 4 is 23.2 Å². The fourth-order valence-electron chi connectivity index (χ4n) is 1.65. The van der Waals surface area contributed by atoms with Gasteiger partial charge >= 0.3 is 0 Å². The first-order valence-corrected chi connectivity index (χ1v) is 6.31. The summed E-state index contributed by atoms with van der Waals surface area (Å²) in [5.41, 5.74) is 6.94. The second kappa shape index (κ2) is 6.36. The van der Waals surface area contributed by atoms with Crippen molar-refractivity contribution in [2.24, 2.45) is 5.73 Å². The second-order valence-corrected chi connectivity index (χ2v) is 4.52. The van der Waals surface area contributed by atoms with Gasteiger partial charge in [0.2, 0.25) is 5.91 Å². The number of aliphatic hydroxyl groups excluding tert-OH is 1. The van der Waals surface area contributed by atoms with Crippen LogP contribution in [0.5, 0.6) is 0 Å². The van der Waals surface area contributed by atoms with Gasteiger partial charge in [-0.25, -0.2) is 4.68 Å². The van der Waals surface area contributed by atoms with Crippen molar-refractivity contribution < 1.29 is 9.90 Å². The Morgan fingerprint density at radius 3 is 2.95 bits per heavy atom. The molecule has 0 aliphatic rings. The van der Waals surface area contributed by atoms with Crippen molar-refractivity contribution in [2.75, 3.05) is 11.9 Å². The number of nitrogens with zero attached hydrogens (tertiary/aromatic N) is 3. The van der Waals surface area contributed by atoms with E-state index < -0.39 is 5.91 Å². The summed E-state index contributed by atoms with van der Waals surface area (Å²) < 4.78 is 1.56. The van der Waals surface area contributed by atoms with Gasteiger partial charge in [0.1, 0.15) is 5.69 Å². The number of aromatic nitrogens is 3.